The number of hydrogen-bond acceptors (Lipinski definition) is 3. The lowest BCUT2D eigenvalue weighted by Gasteiger charge is -2.23. The molecule has 2 rings (SSSR count). The highest BCUT2D eigenvalue weighted by Crippen LogP contribution is 2.33. The Hall–Kier alpha value is -1.06. The first kappa shape index (κ1) is 16.3. The van der Waals surface area contributed by atoms with E-state index in [9.17, 15) is 22.0 Å². The fourth-order valence-corrected chi connectivity index (χ4v) is 5.23. The van der Waals surface area contributed by atoms with Crippen LogP contribution in [0.15, 0.2) is 21.5 Å². The van der Waals surface area contributed by atoms with Crippen molar-refractivity contribution in [2.24, 2.45) is 0 Å². The molecule has 9 heteroatoms. The van der Waals surface area contributed by atoms with Gasteiger partial charge in [0.05, 0.1) is 6.42 Å². The molecular formula is C12H12BrF2NO4S. The minimum atomic E-state index is -4.23. The normalized spacial score (nSPS) is 19.9. The van der Waals surface area contributed by atoms with Gasteiger partial charge in [-0.2, -0.15) is 4.31 Å². The highest BCUT2D eigenvalue weighted by molar-refractivity contribution is 9.10. The number of carbonyl (C=O) groups is 1. The molecule has 0 spiro atoms. The lowest BCUT2D eigenvalue weighted by atomic mass is 10.2. The van der Waals surface area contributed by atoms with E-state index in [2.05, 4.69) is 15.9 Å². The van der Waals surface area contributed by atoms with E-state index in [0.29, 0.717) is 18.9 Å². The van der Waals surface area contributed by atoms with E-state index >= 15 is 0 Å². The Labute approximate surface area is 128 Å². The number of hydrogen-bond donors (Lipinski definition) is 1. The fourth-order valence-electron chi connectivity index (χ4n) is 2.42. The Morgan fingerprint density at radius 3 is 2.67 bits per heavy atom. The standard InChI is InChI=1S/C12H12BrF2NO4S/c13-9-4-7(14)5-10(15)12(9)21(19,20)16-3-1-2-8(16)6-11(17)18/h4-5,8H,1-3,6H2,(H,17,18). The average molecular weight is 384 g/mol. The average Bonchev–Trinajstić information content (AvgIpc) is 2.74. The molecule has 1 aliphatic heterocycles. The van der Waals surface area contributed by atoms with Gasteiger partial charge in [0.2, 0.25) is 10.0 Å². The SMILES string of the molecule is O=C(O)CC1CCCN1S(=O)(=O)c1c(F)cc(F)cc1Br. The molecule has 1 aromatic carbocycles. The van der Waals surface area contributed by atoms with E-state index in [1.165, 1.54) is 0 Å². The molecule has 1 atom stereocenters. The number of rotatable bonds is 4. The first-order chi connectivity index (χ1) is 9.73. The quantitative estimate of drug-likeness (QED) is 0.865. The molecule has 1 saturated heterocycles. The predicted octanol–water partition coefficient (Wildman–Crippen LogP) is 2.36. The second kappa shape index (κ2) is 5.98. The summed E-state index contributed by atoms with van der Waals surface area (Å²) in [5.41, 5.74) is 0. The first-order valence-corrected chi connectivity index (χ1v) is 8.35. The molecular weight excluding hydrogens is 372 g/mol. The van der Waals surface area contributed by atoms with Gasteiger partial charge in [-0.15, -0.1) is 0 Å². The van der Waals surface area contributed by atoms with Crippen LogP contribution in [0.25, 0.3) is 0 Å². The summed E-state index contributed by atoms with van der Waals surface area (Å²) in [6.07, 6.45) is 0.545. The molecule has 5 nitrogen and oxygen atoms in total. The lowest BCUT2D eigenvalue weighted by Crippen LogP contribution is -2.37. The van der Waals surface area contributed by atoms with Crippen molar-refractivity contribution in [1.29, 1.82) is 0 Å². The van der Waals surface area contributed by atoms with Gasteiger partial charge in [-0.05, 0) is 34.8 Å². The van der Waals surface area contributed by atoms with Crippen molar-refractivity contribution >= 4 is 31.9 Å². The van der Waals surface area contributed by atoms with Crippen LogP contribution >= 0.6 is 15.9 Å². The van der Waals surface area contributed by atoms with Gasteiger partial charge in [0.25, 0.3) is 0 Å². The van der Waals surface area contributed by atoms with Crippen LogP contribution in [0.5, 0.6) is 0 Å². The highest BCUT2D eigenvalue weighted by atomic mass is 79.9. The third kappa shape index (κ3) is 3.24. The Balaban J connectivity index is 2.45. The predicted molar refractivity (Wildman–Crippen MR) is 73.2 cm³/mol. The number of carboxylic acids is 1. The van der Waals surface area contributed by atoms with Crippen molar-refractivity contribution in [1.82, 2.24) is 4.31 Å². The number of aliphatic carboxylic acids is 1. The minimum Gasteiger partial charge on any atom is -0.481 e. The monoisotopic (exact) mass is 383 g/mol. The van der Waals surface area contributed by atoms with Crippen LogP contribution in [0.1, 0.15) is 19.3 Å². The number of halogens is 3. The summed E-state index contributed by atoms with van der Waals surface area (Å²) in [6, 6.07) is 0.627. The minimum absolute atomic E-state index is 0.115. The van der Waals surface area contributed by atoms with E-state index < -0.39 is 38.6 Å². The summed E-state index contributed by atoms with van der Waals surface area (Å²) in [4.78, 5) is 10.1. The summed E-state index contributed by atoms with van der Waals surface area (Å²) in [5.74, 6) is -3.23. The van der Waals surface area contributed by atoms with E-state index in [-0.39, 0.29) is 17.4 Å². The molecule has 1 aliphatic rings. The number of benzene rings is 1. The zero-order valence-corrected chi connectivity index (χ0v) is 13.1. The third-order valence-corrected chi connectivity index (χ3v) is 6.18. The molecule has 116 valence electrons. The van der Waals surface area contributed by atoms with Crippen LogP contribution in [0.4, 0.5) is 8.78 Å². The molecule has 1 unspecified atom stereocenters. The fraction of sp³-hybridized carbons (Fsp3) is 0.417. The Morgan fingerprint density at radius 2 is 2.10 bits per heavy atom. The van der Waals surface area contributed by atoms with Crippen LogP contribution in [0, 0.1) is 11.6 Å². The smallest absolute Gasteiger partial charge is 0.304 e. The topological polar surface area (TPSA) is 74.7 Å². The van der Waals surface area contributed by atoms with E-state index in [1.54, 1.807) is 0 Å². The highest BCUT2D eigenvalue weighted by Gasteiger charge is 2.38. The van der Waals surface area contributed by atoms with Gasteiger partial charge >= 0.3 is 5.97 Å². The maximum absolute atomic E-state index is 13.9. The Kier molecular flexibility index (Phi) is 4.64. The molecule has 0 amide bonds. The maximum atomic E-state index is 13.9. The van der Waals surface area contributed by atoms with Gasteiger partial charge in [0.15, 0.2) is 0 Å². The summed E-state index contributed by atoms with van der Waals surface area (Å²) in [5, 5.41) is 8.82. The van der Waals surface area contributed by atoms with Crippen LogP contribution in [-0.4, -0.2) is 36.4 Å². The van der Waals surface area contributed by atoms with Crippen molar-refractivity contribution in [3.63, 3.8) is 0 Å². The van der Waals surface area contributed by atoms with Crippen molar-refractivity contribution in [2.45, 2.75) is 30.2 Å². The molecule has 0 aromatic heterocycles. The zero-order chi connectivity index (χ0) is 15.8. The Bertz CT molecular complexity index is 657. The van der Waals surface area contributed by atoms with E-state index in [0.717, 1.165) is 10.4 Å². The third-order valence-electron chi connectivity index (χ3n) is 3.26. The van der Waals surface area contributed by atoms with Gasteiger partial charge in [0.1, 0.15) is 16.5 Å². The van der Waals surface area contributed by atoms with Gasteiger partial charge in [-0.25, -0.2) is 17.2 Å². The molecule has 21 heavy (non-hydrogen) atoms. The second-order valence-electron chi connectivity index (χ2n) is 4.71. The second-order valence-corrected chi connectivity index (χ2v) is 7.39. The molecule has 0 saturated carbocycles. The van der Waals surface area contributed by atoms with Crippen LogP contribution < -0.4 is 0 Å². The van der Waals surface area contributed by atoms with Crippen molar-refractivity contribution < 1.29 is 27.1 Å². The van der Waals surface area contributed by atoms with E-state index in [4.69, 9.17) is 5.11 Å². The molecule has 1 aromatic rings. The summed E-state index contributed by atoms with van der Waals surface area (Å²) >= 11 is 2.85. The molecule has 0 bridgehead atoms. The molecule has 1 heterocycles. The first-order valence-electron chi connectivity index (χ1n) is 6.11. The van der Waals surface area contributed by atoms with Crippen LogP contribution in [0.2, 0.25) is 0 Å². The number of carboxylic acid groups (broad SMARTS) is 1. The molecule has 1 N–H and O–H groups in total. The van der Waals surface area contributed by atoms with Gasteiger partial charge in [-0.1, -0.05) is 0 Å². The van der Waals surface area contributed by atoms with Crippen molar-refractivity contribution in [2.75, 3.05) is 6.54 Å². The Morgan fingerprint density at radius 1 is 1.43 bits per heavy atom. The lowest BCUT2D eigenvalue weighted by molar-refractivity contribution is -0.137. The summed E-state index contributed by atoms with van der Waals surface area (Å²) in [6.45, 7) is 0.115. The number of sulfonamides is 1. The van der Waals surface area contributed by atoms with Crippen LogP contribution in [-0.2, 0) is 14.8 Å². The molecule has 0 radical (unpaired) electrons. The largest absolute Gasteiger partial charge is 0.481 e. The van der Waals surface area contributed by atoms with Crippen molar-refractivity contribution in [3.05, 3.63) is 28.2 Å². The maximum Gasteiger partial charge on any atom is 0.304 e. The van der Waals surface area contributed by atoms with Gasteiger partial charge in [0, 0.05) is 23.1 Å². The van der Waals surface area contributed by atoms with E-state index in [1.807, 2.05) is 0 Å². The zero-order valence-electron chi connectivity index (χ0n) is 10.7. The number of nitrogens with zero attached hydrogens (tertiary/aromatic N) is 1. The van der Waals surface area contributed by atoms with Crippen LogP contribution in [0.3, 0.4) is 0 Å². The van der Waals surface area contributed by atoms with Gasteiger partial charge in [-0.3, -0.25) is 4.79 Å². The van der Waals surface area contributed by atoms with Crippen molar-refractivity contribution in [3.8, 4) is 0 Å². The summed E-state index contributed by atoms with van der Waals surface area (Å²) in [7, 11) is -4.23. The molecule has 1 fully saturated rings. The van der Waals surface area contributed by atoms with Gasteiger partial charge < -0.3 is 5.11 Å². The summed E-state index contributed by atoms with van der Waals surface area (Å²) < 4.78 is 52.7. The molecule has 0 aliphatic carbocycles.